The molecule has 2 N–H and O–H groups in total. The molecule has 24 heavy (non-hydrogen) atoms. The Hall–Kier alpha value is -2.53. The lowest BCUT2D eigenvalue weighted by Gasteiger charge is -2.21. The largest absolute Gasteiger partial charge is 0.324 e. The number of anilines is 1. The fourth-order valence-corrected chi connectivity index (χ4v) is 2.34. The summed E-state index contributed by atoms with van der Waals surface area (Å²) in [6.45, 7) is 3.97. The van der Waals surface area contributed by atoms with Crippen LogP contribution in [0.1, 0.15) is 29.8 Å². The molecule has 0 aliphatic carbocycles. The number of carbonyl (C=O) groups is 2. The Balaban J connectivity index is 1.95. The molecule has 0 aromatic heterocycles. The van der Waals surface area contributed by atoms with Crippen LogP contribution in [0.25, 0.3) is 0 Å². The first-order valence-corrected chi connectivity index (χ1v) is 7.85. The highest BCUT2D eigenvalue weighted by Gasteiger charge is 2.22. The fraction of sp³-hybridized carbons (Fsp3) is 0.263. The van der Waals surface area contributed by atoms with Crippen LogP contribution < -0.4 is 10.2 Å². The van der Waals surface area contributed by atoms with Gasteiger partial charge in [0, 0.05) is 16.8 Å². The maximum absolute atomic E-state index is 12.9. The van der Waals surface area contributed by atoms with Crippen LogP contribution in [0.4, 0.5) is 10.1 Å². The summed E-state index contributed by atoms with van der Waals surface area (Å²) < 4.78 is 12.9. The highest BCUT2D eigenvalue weighted by atomic mass is 19.1. The normalized spacial score (nSPS) is 13.2. The molecule has 0 aliphatic heterocycles. The standard InChI is InChI=1S/C19H21FN2O2/c1-13(22(3)12-15-4-8-17(20)9-5-15)19(24)21-18-10-6-16(7-11-18)14(2)23/h4-11,13H,12H2,1-3H3,(H,21,24)/p+1/t13-/m0/s1. The van der Waals surface area contributed by atoms with E-state index < -0.39 is 0 Å². The predicted octanol–water partition coefficient (Wildman–Crippen LogP) is 2.07. The third kappa shape index (κ3) is 4.73. The van der Waals surface area contributed by atoms with Crippen LogP contribution in [0.15, 0.2) is 48.5 Å². The van der Waals surface area contributed by atoms with Crippen LogP contribution in [0.3, 0.4) is 0 Å². The minimum atomic E-state index is -0.275. The van der Waals surface area contributed by atoms with Crippen LogP contribution in [0.2, 0.25) is 0 Å². The molecule has 0 bridgehead atoms. The summed E-state index contributed by atoms with van der Waals surface area (Å²) in [7, 11) is 1.92. The quantitative estimate of drug-likeness (QED) is 0.797. The van der Waals surface area contributed by atoms with Crippen molar-refractivity contribution in [3.8, 4) is 0 Å². The first-order chi connectivity index (χ1) is 11.4. The van der Waals surface area contributed by atoms with Gasteiger partial charge in [0.15, 0.2) is 11.8 Å². The van der Waals surface area contributed by atoms with Crippen molar-refractivity contribution in [2.75, 3.05) is 12.4 Å². The number of rotatable bonds is 6. The summed E-state index contributed by atoms with van der Waals surface area (Å²) in [4.78, 5) is 24.6. The van der Waals surface area contributed by atoms with E-state index in [9.17, 15) is 14.0 Å². The van der Waals surface area contributed by atoms with Gasteiger partial charge in [0.2, 0.25) is 0 Å². The van der Waals surface area contributed by atoms with Crippen molar-refractivity contribution in [1.82, 2.24) is 0 Å². The second-order valence-corrected chi connectivity index (χ2v) is 5.99. The van der Waals surface area contributed by atoms with Gasteiger partial charge in [-0.3, -0.25) is 9.59 Å². The van der Waals surface area contributed by atoms with E-state index in [4.69, 9.17) is 0 Å². The molecule has 1 unspecified atom stereocenters. The molecule has 0 fully saturated rings. The van der Waals surface area contributed by atoms with Gasteiger partial charge in [0.05, 0.1) is 7.05 Å². The van der Waals surface area contributed by atoms with Gasteiger partial charge in [-0.15, -0.1) is 0 Å². The van der Waals surface area contributed by atoms with Crippen molar-refractivity contribution in [1.29, 1.82) is 0 Å². The van der Waals surface area contributed by atoms with Gasteiger partial charge >= 0.3 is 0 Å². The van der Waals surface area contributed by atoms with E-state index in [-0.39, 0.29) is 23.5 Å². The lowest BCUT2D eigenvalue weighted by atomic mass is 10.1. The predicted molar refractivity (Wildman–Crippen MR) is 91.5 cm³/mol. The van der Waals surface area contributed by atoms with Gasteiger partial charge in [-0.1, -0.05) is 12.1 Å². The third-order valence-corrected chi connectivity index (χ3v) is 4.09. The molecule has 2 aromatic rings. The zero-order valence-corrected chi connectivity index (χ0v) is 14.1. The van der Waals surface area contributed by atoms with Crippen molar-refractivity contribution in [2.24, 2.45) is 0 Å². The fourth-order valence-electron chi connectivity index (χ4n) is 2.34. The van der Waals surface area contributed by atoms with E-state index in [1.54, 1.807) is 36.4 Å². The van der Waals surface area contributed by atoms with Gasteiger partial charge in [-0.25, -0.2) is 4.39 Å². The number of quaternary nitrogens is 1. The van der Waals surface area contributed by atoms with E-state index in [1.165, 1.54) is 19.1 Å². The average Bonchev–Trinajstić information content (AvgIpc) is 2.56. The zero-order chi connectivity index (χ0) is 17.7. The number of likely N-dealkylation sites (N-methyl/N-ethyl adjacent to an activating group) is 1. The molecule has 2 atom stereocenters. The number of ketones is 1. The van der Waals surface area contributed by atoms with E-state index in [2.05, 4.69) is 5.32 Å². The Morgan fingerprint density at radius 2 is 1.67 bits per heavy atom. The van der Waals surface area contributed by atoms with Gasteiger partial charge < -0.3 is 10.2 Å². The Bertz CT molecular complexity index is 711. The zero-order valence-electron chi connectivity index (χ0n) is 14.1. The van der Waals surface area contributed by atoms with Gasteiger partial charge in [-0.2, -0.15) is 0 Å². The minimum absolute atomic E-state index is 0.00952. The second-order valence-electron chi connectivity index (χ2n) is 5.99. The number of Topliss-reactive ketones (excluding diaryl/α,β-unsaturated/α-hetero) is 1. The van der Waals surface area contributed by atoms with Crippen molar-refractivity contribution < 1.29 is 18.9 Å². The topological polar surface area (TPSA) is 50.6 Å². The summed E-state index contributed by atoms with van der Waals surface area (Å²) in [5.41, 5.74) is 2.24. The second kappa shape index (κ2) is 7.84. The number of halogens is 1. The van der Waals surface area contributed by atoms with Crippen molar-refractivity contribution >= 4 is 17.4 Å². The number of hydrogen-bond acceptors (Lipinski definition) is 2. The molecule has 0 radical (unpaired) electrons. The van der Waals surface area contributed by atoms with Gasteiger partial charge in [-0.05, 0) is 50.2 Å². The van der Waals surface area contributed by atoms with Crippen LogP contribution in [-0.2, 0) is 11.3 Å². The first-order valence-electron chi connectivity index (χ1n) is 7.85. The number of nitrogens with one attached hydrogen (secondary N) is 2. The van der Waals surface area contributed by atoms with Crippen molar-refractivity contribution in [3.63, 3.8) is 0 Å². The van der Waals surface area contributed by atoms with E-state index in [1.807, 2.05) is 14.0 Å². The Kier molecular flexibility index (Phi) is 5.82. The number of hydrogen-bond donors (Lipinski definition) is 2. The SMILES string of the molecule is CC(=O)c1ccc(NC(=O)[C@H](C)[NH+](C)Cc2ccc(F)cc2)cc1. The monoisotopic (exact) mass is 329 g/mol. The van der Waals surface area contributed by atoms with Crippen LogP contribution in [-0.4, -0.2) is 24.8 Å². The summed E-state index contributed by atoms with van der Waals surface area (Å²) in [5.74, 6) is -0.383. The molecule has 126 valence electrons. The first kappa shape index (κ1) is 17.8. The van der Waals surface area contributed by atoms with Crippen LogP contribution in [0.5, 0.6) is 0 Å². The summed E-state index contributed by atoms with van der Waals surface area (Å²) in [6, 6.07) is 12.8. The summed E-state index contributed by atoms with van der Waals surface area (Å²) >= 11 is 0. The molecular formula is C19H22FN2O2+. The molecule has 0 aliphatic rings. The maximum Gasteiger partial charge on any atom is 0.282 e. The lowest BCUT2D eigenvalue weighted by molar-refractivity contribution is -0.907. The molecule has 2 aromatic carbocycles. The average molecular weight is 329 g/mol. The number of amides is 1. The van der Waals surface area contributed by atoms with Crippen LogP contribution >= 0.6 is 0 Å². The summed E-state index contributed by atoms with van der Waals surface area (Å²) in [5, 5.41) is 2.85. The third-order valence-electron chi connectivity index (χ3n) is 4.09. The highest BCUT2D eigenvalue weighted by molar-refractivity contribution is 5.96. The minimum Gasteiger partial charge on any atom is -0.324 e. The maximum atomic E-state index is 12.9. The van der Waals surface area contributed by atoms with E-state index in [0.717, 1.165) is 10.5 Å². The summed E-state index contributed by atoms with van der Waals surface area (Å²) in [6.07, 6.45) is 0. The number of carbonyl (C=O) groups excluding carboxylic acids is 2. The molecule has 5 heteroatoms. The molecule has 0 saturated carbocycles. The molecular weight excluding hydrogens is 307 g/mol. The van der Waals surface area contributed by atoms with E-state index >= 15 is 0 Å². The van der Waals surface area contributed by atoms with Gasteiger partial charge in [0.1, 0.15) is 12.4 Å². The van der Waals surface area contributed by atoms with Crippen LogP contribution in [0, 0.1) is 5.82 Å². The molecule has 4 nitrogen and oxygen atoms in total. The van der Waals surface area contributed by atoms with Crippen molar-refractivity contribution in [2.45, 2.75) is 26.4 Å². The van der Waals surface area contributed by atoms with E-state index in [0.29, 0.717) is 17.8 Å². The molecule has 0 spiro atoms. The smallest absolute Gasteiger partial charge is 0.282 e. The highest BCUT2D eigenvalue weighted by Crippen LogP contribution is 2.10. The molecule has 1 amide bonds. The number of benzene rings is 2. The molecule has 0 heterocycles. The Morgan fingerprint density at radius 3 is 2.21 bits per heavy atom. The Morgan fingerprint density at radius 1 is 1.08 bits per heavy atom. The van der Waals surface area contributed by atoms with Gasteiger partial charge in [0.25, 0.3) is 5.91 Å². The molecule has 0 saturated heterocycles. The van der Waals surface area contributed by atoms with Crippen molar-refractivity contribution in [3.05, 3.63) is 65.5 Å². The lowest BCUT2D eigenvalue weighted by Crippen LogP contribution is -3.12. The Labute approximate surface area is 141 Å². The molecule has 2 rings (SSSR count).